The number of hydrogen-bond donors (Lipinski definition) is 1. The van der Waals surface area contributed by atoms with E-state index >= 15 is 0 Å². The first-order chi connectivity index (χ1) is 17.7. The van der Waals surface area contributed by atoms with Crippen LogP contribution < -0.4 is 10.9 Å². The number of halogens is 1. The van der Waals surface area contributed by atoms with Crippen LogP contribution in [0.5, 0.6) is 0 Å². The Morgan fingerprint density at radius 2 is 1.76 bits per heavy atom. The third-order valence-electron chi connectivity index (χ3n) is 5.55. The van der Waals surface area contributed by atoms with Gasteiger partial charge in [0.25, 0.3) is 5.56 Å². The molecule has 0 radical (unpaired) electrons. The second-order valence-electron chi connectivity index (χ2n) is 9.75. The number of amides is 1. The number of sulfone groups is 1. The zero-order chi connectivity index (χ0) is 28.3. The highest BCUT2D eigenvalue weighted by Crippen LogP contribution is 2.29. The number of carbonyl (C=O) groups excluding carboxylic acids is 2. The van der Waals surface area contributed by atoms with Crippen LogP contribution >= 0.6 is 11.6 Å². The predicted octanol–water partition coefficient (Wildman–Crippen LogP) is 4.29. The van der Waals surface area contributed by atoms with Crippen LogP contribution in [0, 0.1) is 0 Å². The van der Waals surface area contributed by atoms with Crippen LogP contribution in [0.3, 0.4) is 0 Å². The monoisotopic (exact) mass is 559 g/mol. The predicted molar refractivity (Wildman–Crippen MR) is 146 cm³/mol. The molecule has 0 fully saturated rings. The molecule has 0 spiro atoms. The highest BCUT2D eigenvalue weighted by Gasteiger charge is 2.22. The fraction of sp³-hybridized carbons (Fsp3) is 0.333. The molecule has 2 aromatic heterocycles. The van der Waals surface area contributed by atoms with Crippen molar-refractivity contribution in [3.05, 3.63) is 86.6 Å². The van der Waals surface area contributed by atoms with Crippen LogP contribution in [-0.2, 0) is 33.9 Å². The van der Waals surface area contributed by atoms with E-state index in [0.29, 0.717) is 27.3 Å². The van der Waals surface area contributed by atoms with Crippen molar-refractivity contribution in [1.82, 2.24) is 14.9 Å². The Morgan fingerprint density at radius 1 is 1.11 bits per heavy atom. The summed E-state index contributed by atoms with van der Waals surface area (Å²) in [6.07, 6.45) is 2.20. The maximum Gasteiger partial charge on any atom is 0.407 e. The van der Waals surface area contributed by atoms with Gasteiger partial charge in [0.1, 0.15) is 5.60 Å². The fourth-order valence-electron chi connectivity index (χ4n) is 3.60. The zero-order valence-corrected chi connectivity index (χ0v) is 23.4. The molecule has 3 rings (SSSR count). The SMILES string of the molecule is CCS(=O)(=O)Cc1cc(-c2cn(C)c(=O)cc2CNC(=O)OC(C)(C)C)c(C(=O)c2ccc(Cl)cc2)cn1. The van der Waals surface area contributed by atoms with Crippen LogP contribution in [0.4, 0.5) is 4.79 Å². The minimum absolute atomic E-state index is 0.0691. The van der Waals surface area contributed by atoms with Gasteiger partial charge in [-0.3, -0.25) is 14.6 Å². The number of pyridine rings is 2. The van der Waals surface area contributed by atoms with Gasteiger partial charge in [-0.25, -0.2) is 13.2 Å². The van der Waals surface area contributed by atoms with E-state index in [2.05, 4.69) is 10.3 Å². The van der Waals surface area contributed by atoms with Crippen molar-refractivity contribution in [3.8, 4) is 11.1 Å². The summed E-state index contributed by atoms with van der Waals surface area (Å²) in [6.45, 7) is 6.66. The van der Waals surface area contributed by atoms with Crippen molar-refractivity contribution < 1.29 is 22.7 Å². The van der Waals surface area contributed by atoms with Crippen molar-refractivity contribution >= 4 is 33.3 Å². The smallest absolute Gasteiger partial charge is 0.407 e. The van der Waals surface area contributed by atoms with E-state index in [-0.39, 0.29) is 40.7 Å². The van der Waals surface area contributed by atoms with E-state index in [1.165, 1.54) is 22.9 Å². The lowest BCUT2D eigenvalue weighted by Gasteiger charge is -2.20. The fourth-order valence-corrected chi connectivity index (χ4v) is 4.54. The number of benzene rings is 1. The minimum atomic E-state index is -3.42. The zero-order valence-electron chi connectivity index (χ0n) is 21.9. The molecule has 2 heterocycles. The quantitative estimate of drug-likeness (QED) is 0.408. The molecule has 0 saturated carbocycles. The number of alkyl carbamates (subject to hydrolysis) is 1. The summed E-state index contributed by atoms with van der Waals surface area (Å²) in [5, 5.41) is 3.11. The maximum absolute atomic E-state index is 13.5. The molecule has 202 valence electrons. The topological polar surface area (TPSA) is 124 Å². The summed E-state index contributed by atoms with van der Waals surface area (Å²) >= 11 is 5.98. The van der Waals surface area contributed by atoms with Gasteiger partial charge in [0.2, 0.25) is 0 Å². The van der Waals surface area contributed by atoms with Crippen molar-refractivity contribution in [1.29, 1.82) is 0 Å². The molecule has 1 amide bonds. The average Bonchev–Trinajstić information content (AvgIpc) is 2.83. The summed E-state index contributed by atoms with van der Waals surface area (Å²) < 4.78 is 31.3. The van der Waals surface area contributed by atoms with Crippen LogP contribution in [0.15, 0.2) is 53.6 Å². The maximum atomic E-state index is 13.5. The second kappa shape index (κ2) is 11.5. The van der Waals surface area contributed by atoms with Crippen LogP contribution in [-0.4, -0.2) is 41.2 Å². The van der Waals surface area contributed by atoms with Crippen molar-refractivity contribution in [2.45, 2.75) is 45.6 Å². The average molecular weight is 560 g/mol. The Balaban J connectivity index is 2.17. The van der Waals surface area contributed by atoms with Gasteiger partial charge in [0.05, 0.1) is 11.4 Å². The lowest BCUT2D eigenvalue weighted by Crippen LogP contribution is -2.32. The molecule has 0 aliphatic carbocycles. The molecular weight excluding hydrogens is 530 g/mol. The number of ketones is 1. The van der Waals surface area contributed by atoms with Crippen LogP contribution in [0.2, 0.25) is 5.02 Å². The highest BCUT2D eigenvalue weighted by molar-refractivity contribution is 7.90. The molecule has 0 bridgehead atoms. The molecule has 1 N–H and O–H groups in total. The molecule has 0 aliphatic rings. The lowest BCUT2D eigenvalue weighted by molar-refractivity contribution is 0.0523. The Labute approximate surface area is 226 Å². The molecule has 9 nitrogen and oxygen atoms in total. The van der Waals surface area contributed by atoms with Crippen LogP contribution in [0.25, 0.3) is 11.1 Å². The minimum Gasteiger partial charge on any atom is -0.444 e. The highest BCUT2D eigenvalue weighted by atomic mass is 35.5. The number of carbonyl (C=O) groups is 2. The summed E-state index contributed by atoms with van der Waals surface area (Å²) in [4.78, 5) is 42.6. The first-order valence-electron chi connectivity index (χ1n) is 11.9. The molecule has 0 unspecified atom stereocenters. The van der Waals surface area contributed by atoms with Crippen LogP contribution in [0.1, 0.15) is 54.9 Å². The number of aromatic nitrogens is 2. The molecular formula is C27H30ClN3O6S. The van der Waals surface area contributed by atoms with Gasteiger partial charge in [-0.2, -0.15) is 0 Å². The molecule has 38 heavy (non-hydrogen) atoms. The van der Waals surface area contributed by atoms with E-state index < -0.39 is 21.5 Å². The van der Waals surface area contributed by atoms with E-state index in [0.717, 1.165) is 0 Å². The summed E-state index contributed by atoms with van der Waals surface area (Å²) in [5.41, 5.74) is 0.989. The molecule has 0 saturated heterocycles. The van der Waals surface area contributed by atoms with E-state index in [9.17, 15) is 22.8 Å². The Morgan fingerprint density at radius 3 is 2.37 bits per heavy atom. The Kier molecular flexibility index (Phi) is 8.79. The van der Waals surface area contributed by atoms with E-state index in [1.54, 1.807) is 65.2 Å². The first kappa shape index (κ1) is 29.1. The third kappa shape index (κ3) is 7.52. The Hall–Kier alpha value is -3.50. The molecule has 1 aromatic carbocycles. The standard InChI is InChI=1S/C27H30ClN3O6S/c1-6-38(35,36)16-20-12-21(22(14-29-20)25(33)17-7-9-19(28)10-8-17)23-15-31(5)24(32)11-18(23)13-30-26(34)37-27(2,3)4/h7-12,14-15H,6,13,16H2,1-5H3,(H,30,34). The molecule has 0 aliphatic heterocycles. The van der Waals surface area contributed by atoms with Gasteiger partial charge in [-0.15, -0.1) is 0 Å². The molecule has 11 heteroatoms. The first-order valence-corrected chi connectivity index (χ1v) is 14.1. The second-order valence-corrected chi connectivity index (χ2v) is 12.5. The van der Waals surface area contributed by atoms with Gasteiger partial charge in [-0.05, 0) is 62.2 Å². The van der Waals surface area contributed by atoms with Crippen molar-refractivity contribution in [2.75, 3.05) is 5.75 Å². The third-order valence-corrected chi connectivity index (χ3v) is 7.41. The number of rotatable bonds is 8. The number of hydrogen-bond acceptors (Lipinski definition) is 7. The van der Waals surface area contributed by atoms with Gasteiger partial charge < -0.3 is 14.6 Å². The van der Waals surface area contributed by atoms with Gasteiger partial charge in [0, 0.05) is 59.5 Å². The largest absolute Gasteiger partial charge is 0.444 e. The summed E-state index contributed by atoms with van der Waals surface area (Å²) in [5.74, 6) is -0.752. The summed E-state index contributed by atoms with van der Waals surface area (Å²) in [7, 11) is -1.86. The van der Waals surface area contributed by atoms with E-state index in [4.69, 9.17) is 16.3 Å². The Bertz CT molecular complexity index is 1520. The van der Waals surface area contributed by atoms with E-state index in [1.807, 2.05) is 0 Å². The number of nitrogens with zero attached hydrogens (tertiary/aromatic N) is 2. The summed E-state index contributed by atoms with van der Waals surface area (Å²) in [6, 6.07) is 9.23. The van der Waals surface area contributed by atoms with Crippen molar-refractivity contribution in [3.63, 3.8) is 0 Å². The van der Waals surface area contributed by atoms with Gasteiger partial charge in [-0.1, -0.05) is 18.5 Å². The van der Waals surface area contributed by atoms with Gasteiger partial charge >= 0.3 is 6.09 Å². The number of ether oxygens (including phenoxy) is 1. The number of nitrogens with one attached hydrogen (secondary N) is 1. The molecule has 3 aromatic rings. The normalized spacial score (nSPS) is 11.7. The van der Waals surface area contributed by atoms with Crippen molar-refractivity contribution in [2.24, 2.45) is 7.05 Å². The molecule has 0 atom stereocenters. The van der Waals surface area contributed by atoms with Gasteiger partial charge in [0.15, 0.2) is 15.6 Å². The number of aryl methyl sites for hydroxylation is 1. The lowest BCUT2D eigenvalue weighted by atomic mass is 9.93.